The van der Waals surface area contributed by atoms with Gasteiger partial charge in [-0.15, -0.1) is 0 Å². The number of carbonyl (C=O) groups is 1. The average molecular weight is 273 g/mol. The molecule has 1 amide bonds. The van der Waals surface area contributed by atoms with Crippen molar-refractivity contribution in [1.29, 1.82) is 0 Å². The first-order chi connectivity index (χ1) is 9.84. The number of hydrogen-bond donors (Lipinski definition) is 0. The highest BCUT2D eigenvalue weighted by Crippen LogP contribution is 2.21. The van der Waals surface area contributed by atoms with E-state index in [-0.39, 0.29) is 5.91 Å². The van der Waals surface area contributed by atoms with Crippen molar-refractivity contribution in [3.8, 4) is 0 Å². The van der Waals surface area contributed by atoms with Gasteiger partial charge in [0.1, 0.15) is 0 Å². The molecule has 3 rings (SSSR count). The van der Waals surface area contributed by atoms with Crippen molar-refractivity contribution in [2.75, 3.05) is 31.1 Å². The van der Waals surface area contributed by atoms with Gasteiger partial charge in [-0.1, -0.05) is 12.8 Å². The van der Waals surface area contributed by atoms with Gasteiger partial charge in [0.25, 0.3) is 5.91 Å². The van der Waals surface area contributed by atoms with Crippen LogP contribution in [0.15, 0.2) is 18.5 Å². The van der Waals surface area contributed by atoms with E-state index in [1.54, 1.807) is 6.20 Å². The summed E-state index contributed by atoms with van der Waals surface area (Å²) < 4.78 is 0. The monoisotopic (exact) mass is 273 g/mol. The molecule has 1 aromatic rings. The average Bonchev–Trinajstić information content (AvgIpc) is 2.89. The quantitative estimate of drug-likeness (QED) is 0.831. The number of amides is 1. The number of hydrogen-bond acceptors (Lipinski definition) is 3. The highest BCUT2D eigenvalue weighted by atomic mass is 16.2. The Bertz CT molecular complexity index is 461. The Labute approximate surface area is 120 Å². The van der Waals surface area contributed by atoms with Crippen LogP contribution in [0.3, 0.4) is 0 Å². The minimum absolute atomic E-state index is 0.145. The molecule has 0 atom stereocenters. The Hall–Kier alpha value is -1.58. The lowest BCUT2D eigenvalue weighted by Gasteiger charge is -2.23. The molecule has 1 aromatic heterocycles. The molecule has 4 nitrogen and oxygen atoms in total. The van der Waals surface area contributed by atoms with Gasteiger partial charge in [0, 0.05) is 32.4 Å². The minimum atomic E-state index is 0.145. The maximum Gasteiger partial charge on any atom is 0.255 e. The molecule has 20 heavy (non-hydrogen) atoms. The van der Waals surface area contributed by atoms with E-state index in [4.69, 9.17) is 0 Å². The number of aromatic nitrogens is 1. The highest BCUT2D eigenvalue weighted by molar-refractivity contribution is 5.94. The molecule has 0 saturated carbocycles. The van der Waals surface area contributed by atoms with Crippen molar-refractivity contribution in [2.45, 2.75) is 38.5 Å². The van der Waals surface area contributed by atoms with Gasteiger partial charge in [-0.3, -0.25) is 9.78 Å². The van der Waals surface area contributed by atoms with E-state index in [1.165, 1.54) is 25.7 Å². The maximum absolute atomic E-state index is 12.4. The molecule has 108 valence electrons. The first-order valence-electron chi connectivity index (χ1n) is 7.84. The molecule has 2 aliphatic heterocycles. The van der Waals surface area contributed by atoms with Crippen molar-refractivity contribution in [3.05, 3.63) is 24.0 Å². The normalized spacial score (nSPS) is 20.0. The largest absolute Gasteiger partial charge is 0.370 e. The van der Waals surface area contributed by atoms with Crippen molar-refractivity contribution in [3.63, 3.8) is 0 Å². The van der Waals surface area contributed by atoms with Crippen LogP contribution in [0, 0.1) is 0 Å². The maximum atomic E-state index is 12.4. The smallest absolute Gasteiger partial charge is 0.255 e. The summed E-state index contributed by atoms with van der Waals surface area (Å²) in [7, 11) is 0. The third kappa shape index (κ3) is 2.94. The van der Waals surface area contributed by atoms with Gasteiger partial charge in [0.05, 0.1) is 17.4 Å². The van der Waals surface area contributed by atoms with Gasteiger partial charge in [0.15, 0.2) is 0 Å². The third-order valence-corrected chi connectivity index (χ3v) is 4.34. The lowest BCUT2D eigenvalue weighted by Crippen LogP contribution is -2.28. The number of rotatable bonds is 2. The predicted octanol–water partition coefficient (Wildman–Crippen LogP) is 2.70. The van der Waals surface area contributed by atoms with E-state index in [0.29, 0.717) is 0 Å². The van der Waals surface area contributed by atoms with Crippen LogP contribution in [0.2, 0.25) is 0 Å². The second-order valence-electron chi connectivity index (χ2n) is 5.83. The second kappa shape index (κ2) is 6.25. The van der Waals surface area contributed by atoms with Crippen molar-refractivity contribution in [2.24, 2.45) is 0 Å². The fraction of sp³-hybridized carbons (Fsp3) is 0.625. The summed E-state index contributed by atoms with van der Waals surface area (Å²) in [6.45, 7) is 3.96. The van der Waals surface area contributed by atoms with Gasteiger partial charge in [-0.05, 0) is 31.7 Å². The Morgan fingerprint density at radius 3 is 2.25 bits per heavy atom. The zero-order chi connectivity index (χ0) is 13.8. The predicted molar refractivity (Wildman–Crippen MR) is 80.1 cm³/mol. The van der Waals surface area contributed by atoms with Gasteiger partial charge in [-0.25, -0.2) is 0 Å². The third-order valence-electron chi connectivity index (χ3n) is 4.34. The van der Waals surface area contributed by atoms with Gasteiger partial charge < -0.3 is 9.80 Å². The first-order valence-corrected chi connectivity index (χ1v) is 7.84. The molecule has 0 aliphatic carbocycles. The number of pyridine rings is 1. The number of nitrogens with zero attached hydrogens (tertiary/aromatic N) is 3. The molecule has 0 radical (unpaired) electrons. The zero-order valence-corrected chi connectivity index (χ0v) is 12.1. The van der Waals surface area contributed by atoms with E-state index in [1.807, 2.05) is 17.2 Å². The fourth-order valence-electron chi connectivity index (χ4n) is 3.15. The van der Waals surface area contributed by atoms with Crippen LogP contribution in [0.25, 0.3) is 0 Å². The van der Waals surface area contributed by atoms with Crippen LogP contribution in [0.4, 0.5) is 5.69 Å². The summed E-state index contributed by atoms with van der Waals surface area (Å²) in [5.74, 6) is 0.145. The summed E-state index contributed by atoms with van der Waals surface area (Å²) in [6.07, 6.45) is 11.0. The van der Waals surface area contributed by atoms with Crippen LogP contribution in [0.1, 0.15) is 48.9 Å². The molecule has 0 aromatic carbocycles. The molecule has 2 saturated heterocycles. The molecule has 2 aliphatic rings. The number of likely N-dealkylation sites (tertiary alicyclic amines) is 1. The second-order valence-corrected chi connectivity index (χ2v) is 5.83. The lowest BCUT2D eigenvalue weighted by molar-refractivity contribution is 0.0792. The van der Waals surface area contributed by atoms with Gasteiger partial charge in [0.2, 0.25) is 0 Å². The van der Waals surface area contributed by atoms with Crippen molar-refractivity contribution >= 4 is 11.6 Å². The summed E-state index contributed by atoms with van der Waals surface area (Å²) in [5.41, 5.74) is 1.85. The van der Waals surface area contributed by atoms with Crippen molar-refractivity contribution in [1.82, 2.24) is 9.88 Å². The number of anilines is 1. The molecular weight excluding hydrogens is 250 g/mol. The molecule has 2 fully saturated rings. The van der Waals surface area contributed by atoms with E-state index in [0.717, 1.165) is 50.3 Å². The summed E-state index contributed by atoms with van der Waals surface area (Å²) in [4.78, 5) is 21.0. The van der Waals surface area contributed by atoms with Crippen LogP contribution in [-0.2, 0) is 0 Å². The topological polar surface area (TPSA) is 36.4 Å². The molecule has 0 N–H and O–H groups in total. The molecule has 3 heterocycles. The summed E-state index contributed by atoms with van der Waals surface area (Å²) >= 11 is 0. The molecule has 0 bridgehead atoms. The van der Waals surface area contributed by atoms with Crippen LogP contribution in [-0.4, -0.2) is 42.0 Å². The summed E-state index contributed by atoms with van der Waals surface area (Å²) in [5, 5.41) is 0. The Kier molecular flexibility index (Phi) is 4.19. The molecular formula is C16H23N3O. The Balaban J connectivity index is 1.76. The Morgan fingerprint density at radius 1 is 0.900 bits per heavy atom. The van der Waals surface area contributed by atoms with Gasteiger partial charge in [-0.2, -0.15) is 0 Å². The van der Waals surface area contributed by atoms with E-state index < -0.39 is 0 Å². The molecule has 0 spiro atoms. The summed E-state index contributed by atoms with van der Waals surface area (Å²) in [6, 6.07) is 2.03. The lowest BCUT2D eigenvalue weighted by atomic mass is 10.2. The SMILES string of the molecule is O=C(c1cncc(N2CCCCCC2)c1)N1CCCC1. The van der Waals surface area contributed by atoms with Gasteiger partial charge >= 0.3 is 0 Å². The van der Waals surface area contributed by atoms with Crippen LogP contribution < -0.4 is 4.90 Å². The van der Waals surface area contributed by atoms with Crippen LogP contribution in [0.5, 0.6) is 0 Å². The standard InChI is InChI=1S/C16H23N3O/c20-16(19-9-5-6-10-19)14-11-15(13-17-12-14)18-7-3-1-2-4-8-18/h11-13H,1-10H2. The number of carbonyl (C=O) groups excluding carboxylic acids is 1. The highest BCUT2D eigenvalue weighted by Gasteiger charge is 2.20. The minimum Gasteiger partial charge on any atom is -0.370 e. The molecule has 0 unspecified atom stereocenters. The van der Waals surface area contributed by atoms with E-state index >= 15 is 0 Å². The van der Waals surface area contributed by atoms with Crippen LogP contribution >= 0.6 is 0 Å². The van der Waals surface area contributed by atoms with E-state index in [2.05, 4.69) is 9.88 Å². The fourth-order valence-corrected chi connectivity index (χ4v) is 3.15. The Morgan fingerprint density at radius 2 is 1.55 bits per heavy atom. The van der Waals surface area contributed by atoms with Crippen molar-refractivity contribution < 1.29 is 4.79 Å². The zero-order valence-electron chi connectivity index (χ0n) is 12.1. The molecule has 4 heteroatoms. The first kappa shape index (κ1) is 13.4. The van der Waals surface area contributed by atoms with E-state index in [9.17, 15) is 4.79 Å².